The lowest BCUT2D eigenvalue weighted by molar-refractivity contribution is 0.602. The monoisotopic (exact) mass is 323 g/mol. The average Bonchev–Trinajstić information content (AvgIpc) is 2.40. The maximum atomic E-state index is 12.0. The van der Waals surface area contributed by atoms with Gasteiger partial charge in [0.25, 0.3) is 0 Å². The number of hydrogen-bond acceptors (Lipinski definition) is 5. The molecule has 1 aromatic heterocycles. The summed E-state index contributed by atoms with van der Waals surface area (Å²) in [6, 6.07) is 12.6. The Morgan fingerprint density at radius 2 is 1.90 bits per heavy atom. The van der Waals surface area contributed by atoms with E-state index in [1.54, 1.807) is 24.3 Å². The Kier molecular flexibility index (Phi) is 5.08. The van der Waals surface area contributed by atoms with Crippen LogP contribution in [0.3, 0.4) is 0 Å². The molecule has 0 saturated carbocycles. The number of pyridine rings is 1. The van der Waals surface area contributed by atoms with Crippen molar-refractivity contribution in [1.82, 2.24) is 4.98 Å². The first-order valence-electron chi connectivity index (χ1n) is 6.37. The summed E-state index contributed by atoms with van der Waals surface area (Å²) in [7, 11) is -3.39. The van der Waals surface area contributed by atoms with Crippen molar-refractivity contribution >= 4 is 33.3 Å². The molecule has 0 radical (unpaired) electrons. The van der Waals surface area contributed by atoms with Crippen LogP contribution in [0, 0.1) is 6.92 Å². The van der Waals surface area contributed by atoms with Crippen LogP contribution in [-0.4, -0.2) is 24.9 Å². The number of thioether (sulfide) groups is 1. The van der Waals surface area contributed by atoms with Gasteiger partial charge in [-0.05, 0) is 43.3 Å². The smallest absolute Gasteiger partial charge is 0.234 e. The SMILES string of the molecule is Cc1cccc(NS(=O)(=O)CCSc2ccc(N)cc2)n1. The van der Waals surface area contributed by atoms with E-state index in [2.05, 4.69) is 9.71 Å². The molecule has 0 amide bonds. The Bertz CT molecular complexity index is 700. The Morgan fingerprint density at radius 1 is 1.19 bits per heavy atom. The first kappa shape index (κ1) is 15.7. The molecule has 0 atom stereocenters. The summed E-state index contributed by atoms with van der Waals surface area (Å²) in [4.78, 5) is 5.12. The predicted molar refractivity (Wildman–Crippen MR) is 88.0 cm³/mol. The van der Waals surface area contributed by atoms with Crippen molar-refractivity contribution in [2.45, 2.75) is 11.8 Å². The summed E-state index contributed by atoms with van der Waals surface area (Å²) in [5.74, 6) is 0.843. The van der Waals surface area contributed by atoms with Gasteiger partial charge in [0.15, 0.2) is 0 Å². The summed E-state index contributed by atoms with van der Waals surface area (Å²) >= 11 is 1.47. The van der Waals surface area contributed by atoms with Crippen molar-refractivity contribution in [2.75, 3.05) is 22.0 Å². The summed E-state index contributed by atoms with van der Waals surface area (Å²) < 4.78 is 26.4. The van der Waals surface area contributed by atoms with Gasteiger partial charge in [-0.15, -0.1) is 11.8 Å². The van der Waals surface area contributed by atoms with Crippen LogP contribution in [0.2, 0.25) is 0 Å². The average molecular weight is 323 g/mol. The fraction of sp³-hybridized carbons (Fsp3) is 0.214. The molecule has 0 fully saturated rings. The van der Waals surface area contributed by atoms with Crippen LogP contribution in [0.4, 0.5) is 11.5 Å². The molecular weight excluding hydrogens is 306 g/mol. The Morgan fingerprint density at radius 3 is 2.57 bits per heavy atom. The van der Waals surface area contributed by atoms with E-state index in [0.29, 0.717) is 17.3 Å². The fourth-order valence-electron chi connectivity index (χ4n) is 1.64. The molecule has 0 aliphatic carbocycles. The quantitative estimate of drug-likeness (QED) is 0.630. The van der Waals surface area contributed by atoms with Gasteiger partial charge in [0.05, 0.1) is 5.75 Å². The van der Waals surface area contributed by atoms with Crippen LogP contribution in [0.5, 0.6) is 0 Å². The zero-order chi connectivity index (χ0) is 15.3. The molecular formula is C14H17N3O2S2. The third-order valence-electron chi connectivity index (χ3n) is 2.65. The summed E-state index contributed by atoms with van der Waals surface area (Å²) in [6.07, 6.45) is 0. The molecule has 0 aliphatic rings. The minimum Gasteiger partial charge on any atom is -0.399 e. The van der Waals surface area contributed by atoms with Gasteiger partial charge in [-0.2, -0.15) is 0 Å². The second-order valence-corrected chi connectivity index (χ2v) is 7.51. The van der Waals surface area contributed by atoms with Gasteiger partial charge in [-0.25, -0.2) is 13.4 Å². The van der Waals surface area contributed by atoms with E-state index in [-0.39, 0.29) is 5.75 Å². The van der Waals surface area contributed by atoms with Crippen molar-refractivity contribution in [3.05, 3.63) is 48.2 Å². The van der Waals surface area contributed by atoms with Gasteiger partial charge in [0.2, 0.25) is 10.0 Å². The maximum absolute atomic E-state index is 12.0. The van der Waals surface area contributed by atoms with E-state index in [1.165, 1.54) is 11.8 Å². The number of anilines is 2. The Balaban J connectivity index is 1.88. The van der Waals surface area contributed by atoms with Crippen molar-refractivity contribution in [3.63, 3.8) is 0 Å². The third-order valence-corrected chi connectivity index (χ3v) is 5.18. The number of sulfonamides is 1. The predicted octanol–water partition coefficient (Wildman–Crippen LogP) is 2.51. The van der Waals surface area contributed by atoms with Crippen LogP contribution < -0.4 is 10.5 Å². The number of hydrogen-bond donors (Lipinski definition) is 2. The van der Waals surface area contributed by atoms with E-state index in [0.717, 1.165) is 10.6 Å². The molecule has 2 rings (SSSR count). The van der Waals surface area contributed by atoms with Crippen molar-refractivity contribution in [2.24, 2.45) is 0 Å². The van der Waals surface area contributed by atoms with E-state index < -0.39 is 10.0 Å². The van der Waals surface area contributed by atoms with Crippen LogP contribution in [0.15, 0.2) is 47.4 Å². The Labute approximate surface area is 129 Å². The van der Waals surface area contributed by atoms with Crippen molar-refractivity contribution < 1.29 is 8.42 Å². The normalized spacial score (nSPS) is 11.3. The number of nitrogen functional groups attached to an aromatic ring is 1. The topological polar surface area (TPSA) is 85.1 Å². The fourth-order valence-corrected chi connectivity index (χ4v) is 3.95. The van der Waals surface area contributed by atoms with Gasteiger partial charge >= 0.3 is 0 Å². The summed E-state index contributed by atoms with van der Waals surface area (Å²) in [5, 5.41) is 0. The highest BCUT2D eigenvalue weighted by Gasteiger charge is 2.11. The maximum Gasteiger partial charge on any atom is 0.234 e. The molecule has 21 heavy (non-hydrogen) atoms. The molecule has 0 unspecified atom stereocenters. The first-order valence-corrected chi connectivity index (χ1v) is 9.01. The van der Waals surface area contributed by atoms with Gasteiger partial charge in [-0.1, -0.05) is 6.07 Å². The number of rotatable bonds is 6. The van der Waals surface area contributed by atoms with E-state index in [1.807, 2.05) is 25.1 Å². The lowest BCUT2D eigenvalue weighted by atomic mass is 10.3. The largest absolute Gasteiger partial charge is 0.399 e. The standard InChI is InChI=1S/C14H17N3O2S2/c1-11-3-2-4-14(16-11)17-21(18,19)10-9-20-13-7-5-12(15)6-8-13/h2-8H,9-10,15H2,1H3,(H,16,17). The molecule has 0 bridgehead atoms. The zero-order valence-corrected chi connectivity index (χ0v) is 13.2. The summed E-state index contributed by atoms with van der Waals surface area (Å²) in [5.41, 5.74) is 7.06. The number of nitrogens with two attached hydrogens (primary N) is 1. The highest BCUT2D eigenvalue weighted by atomic mass is 32.2. The molecule has 7 heteroatoms. The van der Waals surface area contributed by atoms with Gasteiger partial charge in [0, 0.05) is 22.0 Å². The minimum atomic E-state index is -3.39. The number of aryl methyl sites for hydroxylation is 1. The lowest BCUT2D eigenvalue weighted by Gasteiger charge is -2.07. The third kappa shape index (κ3) is 5.28. The van der Waals surface area contributed by atoms with E-state index in [4.69, 9.17) is 5.73 Å². The molecule has 5 nitrogen and oxygen atoms in total. The molecule has 112 valence electrons. The van der Waals surface area contributed by atoms with Crippen molar-refractivity contribution in [1.29, 1.82) is 0 Å². The Hall–Kier alpha value is -1.73. The molecule has 1 heterocycles. The number of benzene rings is 1. The number of nitrogens with one attached hydrogen (secondary N) is 1. The molecule has 2 aromatic rings. The lowest BCUT2D eigenvalue weighted by Crippen LogP contribution is -2.18. The van der Waals surface area contributed by atoms with E-state index >= 15 is 0 Å². The first-order chi connectivity index (χ1) is 9.94. The van der Waals surface area contributed by atoms with E-state index in [9.17, 15) is 8.42 Å². The van der Waals surface area contributed by atoms with Crippen LogP contribution in [-0.2, 0) is 10.0 Å². The van der Waals surface area contributed by atoms with Crippen LogP contribution in [0.1, 0.15) is 5.69 Å². The molecule has 0 saturated heterocycles. The zero-order valence-electron chi connectivity index (χ0n) is 11.6. The summed E-state index contributed by atoms with van der Waals surface area (Å²) in [6.45, 7) is 1.81. The van der Waals surface area contributed by atoms with Crippen LogP contribution >= 0.6 is 11.8 Å². The van der Waals surface area contributed by atoms with Crippen LogP contribution in [0.25, 0.3) is 0 Å². The number of aromatic nitrogens is 1. The molecule has 0 aliphatic heterocycles. The molecule has 3 N–H and O–H groups in total. The minimum absolute atomic E-state index is 0.0255. The molecule has 1 aromatic carbocycles. The number of nitrogens with zero attached hydrogens (tertiary/aromatic N) is 1. The van der Waals surface area contributed by atoms with Gasteiger partial charge in [0.1, 0.15) is 5.82 Å². The molecule has 0 spiro atoms. The highest BCUT2D eigenvalue weighted by molar-refractivity contribution is 8.01. The van der Waals surface area contributed by atoms with Gasteiger partial charge in [-0.3, -0.25) is 4.72 Å². The second-order valence-electron chi connectivity index (χ2n) is 4.50. The van der Waals surface area contributed by atoms with Crippen molar-refractivity contribution in [3.8, 4) is 0 Å². The second kappa shape index (κ2) is 6.82. The van der Waals surface area contributed by atoms with Gasteiger partial charge < -0.3 is 5.73 Å². The highest BCUT2D eigenvalue weighted by Crippen LogP contribution is 2.19.